The fourth-order valence-electron chi connectivity index (χ4n) is 2.37. The summed E-state index contributed by atoms with van der Waals surface area (Å²) in [7, 11) is 0. The Balaban J connectivity index is 1.59. The number of rotatable bonds is 7. The zero-order chi connectivity index (χ0) is 20.9. The van der Waals surface area contributed by atoms with Gasteiger partial charge in [0.25, 0.3) is 5.91 Å². The average Bonchev–Trinajstić information content (AvgIpc) is 3.48. The van der Waals surface area contributed by atoms with Gasteiger partial charge in [-0.1, -0.05) is 16.8 Å². The molecule has 0 aliphatic heterocycles. The lowest BCUT2D eigenvalue weighted by Crippen LogP contribution is -2.20. The Morgan fingerprint density at radius 2 is 2.13 bits per heavy atom. The van der Waals surface area contributed by atoms with Crippen LogP contribution >= 0.6 is 23.4 Å². The molecule has 0 aliphatic rings. The first-order valence-corrected chi connectivity index (χ1v) is 9.76. The van der Waals surface area contributed by atoms with Crippen molar-refractivity contribution in [2.45, 2.75) is 10.6 Å². The molecule has 3 heterocycles. The van der Waals surface area contributed by atoms with E-state index in [1.165, 1.54) is 28.9 Å². The van der Waals surface area contributed by atoms with Crippen molar-refractivity contribution in [2.24, 2.45) is 5.10 Å². The number of hydrogen-bond donors (Lipinski definition) is 2. The first kappa shape index (κ1) is 19.7. The summed E-state index contributed by atoms with van der Waals surface area (Å²) in [6, 6.07) is 10.7. The fraction of sp³-hybridized carbons (Fsp3) is 0.0588. The Kier molecular flexibility index (Phi) is 5.77. The van der Waals surface area contributed by atoms with E-state index in [2.05, 4.69) is 35.8 Å². The minimum Gasteiger partial charge on any atom is -0.463 e. The summed E-state index contributed by atoms with van der Waals surface area (Å²) in [5.41, 5.74) is 8.65. The predicted octanol–water partition coefficient (Wildman–Crippen LogP) is 2.54. The second-order valence-corrected chi connectivity index (χ2v) is 7.21. The SMILES string of the molecule is Nc1nonc1-n1nnc(C(=O)NN=Cc2ccco2)c1CSc1ccc(Cl)cc1. The standard InChI is InChI=1S/C17H13ClN8O3S/c18-10-3-5-12(6-4-10)30-9-13-14(17(27)22-20-8-11-2-1-7-28-11)21-25-26(13)16-15(19)23-29-24-16/h1-8H,9H2,(H2,19,23)(H,22,27). The van der Waals surface area contributed by atoms with Gasteiger partial charge in [0.2, 0.25) is 11.6 Å². The number of nitrogen functional groups attached to an aromatic ring is 1. The number of hydrogen-bond acceptors (Lipinski definition) is 10. The molecular formula is C17H13ClN8O3S. The van der Waals surface area contributed by atoms with Crippen molar-refractivity contribution in [3.05, 3.63) is 64.8 Å². The Morgan fingerprint density at radius 3 is 2.83 bits per heavy atom. The number of anilines is 1. The van der Waals surface area contributed by atoms with Gasteiger partial charge in [0, 0.05) is 15.7 Å². The van der Waals surface area contributed by atoms with Crippen LogP contribution in [0, 0.1) is 0 Å². The molecule has 3 N–H and O–H groups in total. The third-order valence-electron chi connectivity index (χ3n) is 3.76. The molecule has 0 unspecified atom stereocenters. The molecule has 4 rings (SSSR count). The Hall–Kier alpha value is -3.64. The zero-order valence-corrected chi connectivity index (χ0v) is 16.7. The van der Waals surface area contributed by atoms with Crippen molar-refractivity contribution in [3.63, 3.8) is 0 Å². The van der Waals surface area contributed by atoms with Crippen molar-refractivity contribution in [1.82, 2.24) is 30.7 Å². The van der Waals surface area contributed by atoms with Crippen LogP contribution in [0.2, 0.25) is 5.02 Å². The molecule has 4 aromatic rings. The second kappa shape index (κ2) is 8.80. The van der Waals surface area contributed by atoms with Crippen LogP contribution in [0.15, 0.2) is 61.7 Å². The highest BCUT2D eigenvalue weighted by Gasteiger charge is 2.24. The number of aromatic nitrogens is 5. The molecular weight excluding hydrogens is 432 g/mol. The summed E-state index contributed by atoms with van der Waals surface area (Å²) in [6.07, 6.45) is 2.86. The normalized spacial score (nSPS) is 11.2. The number of thioether (sulfide) groups is 1. The van der Waals surface area contributed by atoms with Gasteiger partial charge in [0.05, 0.1) is 18.2 Å². The molecule has 1 amide bonds. The lowest BCUT2D eigenvalue weighted by Gasteiger charge is -2.06. The molecule has 30 heavy (non-hydrogen) atoms. The first-order chi connectivity index (χ1) is 14.6. The van der Waals surface area contributed by atoms with Crippen molar-refractivity contribution < 1.29 is 13.8 Å². The monoisotopic (exact) mass is 444 g/mol. The van der Waals surface area contributed by atoms with Crippen LogP contribution in [0.3, 0.4) is 0 Å². The van der Waals surface area contributed by atoms with Gasteiger partial charge in [-0.2, -0.15) is 9.78 Å². The van der Waals surface area contributed by atoms with Gasteiger partial charge < -0.3 is 10.2 Å². The minimum atomic E-state index is -0.564. The van der Waals surface area contributed by atoms with Crippen molar-refractivity contribution >= 4 is 41.3 Å². The molecule has 0 fully saturated rings. The van der Waals surface area contributed by atoms with Crippen molar-refractivity contribution in [3.8, 4) is 5.82 Å². The van der Waals surface area contributed by atoms with Crippen LogP contribution in [0.4, 0.5) is 5.82 Å². The smallest absolute Gasteiger partial charge is 0.293 e. The van der Waals surface area contributed by atoms with Crippen LogP contribution < -0.4 is 11.2 Å². The highest BCUT2D eigenvalue weighted by molar-refractivity contribution is 7.98. The largest absolute Gasteiger partial charge is 0.463 e. The molecule has 152 valence electrons. The van der Waals surface area contributed by atoms with Crippen molar-refractivity contribution in [2.75, 3.05) is 5.73 Å². The molecule has 0 radical (unpaired) electrons. The highest BCUT2D eigenvalue weighted by Crippen LogP contribution is 2.27. The Morgan fingerprint density at radius 1 is 1.30 bits per heavy atom. The van der Waals surface area contributed by atoms with E-state index >= 15 is 0 Å². The van der Waals surface area contributed by atoms with Gasteiger partial charge in [-0.25, -0.2) is 10.1 Å². The molecule has 0 atom stereocenters. The number of carbonyl (C=O) groups excluding carboxylic acids is 1. The molecule has 0 saturated heterocycles. The van der Waals surface area contributed by atoms with E-state index in [4.69, 9.17) is 21.8 Å². The quantitative estimate of drug-likeness (QED) is 0.249. The fourth-order valence-corrected chi connectivity index (χ4v) is 3.39. The van der Waals surface area contributed by atoms with E-state index in [0.717, 1.165) is 4.90 Å². The molecule has 11 nitrogen and oxygen atoms in total. The number of nitrogens with two attached hydrogens (primary N) is 1. The number of carbonyl (C=O) groups is 1. The number of amides is 1. The molecule has 0 spiro atoms. The number of nitrogens with one attached hydrogen (secondary N) is 1. The lowest BCUT2D eigenvalue weighted by atomic mass is 10.3. The van der Waals surface area contributed by atoms with Gasteiger partial charge in [-0.15, -0.1) is 16.9 Å². The second-order valence-electron chi connectivity index (χ2n) is 5.73. The average molecular weight is 445 g/mol. The third kappa shape index (κ3) is 4.34. The Bertz CT molecular complexity index is 1170. The third-order valence-corrected chi connectivity index (χ3v) is 5.04. The van der Waals surface area contributed by atoms with Gasteiger partial charge in [-0.05, 0) is 46.7 Å². The summed E-state index contributed by atoms with van der Waals surface area (Å²) in [6.45, 7) is 0. The zero-order valence-electron chi connectivity index (χ0n) is 15.1. The van der Waals surface area contributed by atoms with E-state index in [-0.39, 0.29) is 17.3 Å². The summed E-state index contributed by atoms with van der Waals surface area (Å²) in [5, 5.41) is 19.7. The topological polar surface area (TPSA) is 150 Å². The number of nitrogens with zero attached hydrogens (tertiary/aromatic N) is 6. The predicted molar refractivity (Wildman–Crippen MR) is 108 cm³/mol. The van der Waals surface area contributed by atoms with Crippen LogP contribution in [0.5, 0.6) is 0 Å². The van der Waals surface area contributed by atoms with Gasteiger partial charge in [0.15, 0.2) is 5.69 Å². The van der Waals surface area contributed by atoms with Crippen LogP contribution in [-0.4, -0.2) is 37.4 Å². The van der Waals surface area contributed by atoms with Crippen molar-refractivity contribution in [1.29, 1.82) is 0 Å². The number of halogens is 1. The minimum absolute atomic E-state index is 0.0143. The van der Waals surface area contributed by atoms with Gasteiger partial charge in [-0.3, -0.25) is 4.79 Å². The molecule has 0 saturated carbocycles. The summed E-state index contributed by atoms with van der Waals surface area (Å²) >= 11 is 7.37. The summed E-state index contributed by atoms with van der Waals surface area (Å²) in [4.78, 5) is 13.6. The number of hydrazone groups is 1. The van der Waals surface area contributed by atoms with Gasteiger partial charge in [0.1, 0.15) is 5.76 Å². The maximum Gasteiger partial charge on any atom is 0.293 e. The maximum absolute atomic E-state index is 12.6. The van der Waals surface area contributed by atoms with Crippen LogP contribution in [0.1, 0.15) is 21.9 Å². The van der Waals surface area contributed by atoms with E-state index < -0.39 is 5.91 Å². The maximum atomic E-state index is 12.6. The number of benzene rings is 1. The lowest BCUT2D eigenvalue weighted by molar-refractivity contribution is 0.0949. The van der Waals surface area contributed by atoms with E-state index in [0.29, 0.717) is 22.2 Å². The molecule has 3 aromatic heterocycles. The number of furan rings is 1. The highest BCUT2D eigenvalue weighted by atomic mass is 35.5. The molecule has 0 bridgehead atoms. The van der Waals surface area contributed by atoms with Crippen LogP contribution in [0.25, 0.3) is 5.82 Å². The summed E-state index contributed by atoms with van der Waals surface area (Å²) in [5.74, 6) is 0.392. The molecule has 1 aromatic carbocycles. The van der Waals surface area contributed by atoms with Crippen LogP contribution in [-0.2, 0) is 5.75 Å². The van der Waals surface area contributed by atoms with Gasteiger partial charge >= 0.3 is 0 Å². The molecule has 13 heteroatoms. The Labute approximate surface area is 178 Å². The van der Waals surface area contributed by atoms with E-state index in [9.17, 15) is 4.79 Å². The first-order valence-electron chi connectivity index (χ1n) is 8.40. The summed E-state index contributed by atoms with van der Waals surface area (Å²) < 4.78 is 11.1. The van der Waals surface area contributed by atoms with E-state index in [1.54, 1.807) is 24.3 Å². The molecule has 0 aliphatic carbocycles. The van der Waals surface area contributed by atoms with E-state index in [1.807, 2.05) is 12.1 Å².